The van der Waals surface area contributed by atoms with Crippen LogP contribution in [0.1, 0.15) is 20.8 Å². The first kappa shape index (κ1) is 20.7. The number of rotatable bonds is 4. The fourth-order valence-electron chi connectivity index (χ4n) is 2.83. The van der Waals surface area contributed by atoms with Crippen molar-refractivity contribution in [2.24, 2.45) is 0 Å². The minimum Gasteiger partial charge on any atom is -0.453 e. The number of anilines is 1. The predicted octanol–water partition coefficient (Wildman–Crippen LogP) is 6.64. The van der Waals surface area contributed by atoms with E-state index in [1.165, 1.54) is 23.5 Å². The molecule has 4 rings (SSSR count). The molecule has 3 aromatic heterocycles. The lowest BCUT2D eigenvalue weighted by Gasteiger charge is -2.19. The second-order valence-corrected chi connectivity index (χ2v) is 8.78. The molecule has 0 unspecified atom stereocenters. The van der Waals surface area contributed by atoms with Crippen molar-refractivity contribution < 1.29 is 18.7 Å². The van der Waals surface area contributed by atoms with Gasteiger partial charge < -0.3 is 9.47 Å². The molecule has 0 fully saturated rings. The van der Waals surface area contributed by atoms with Gasteiger partial charge in [0.25, 0.3) is 0 Å². The number of nitrogens with one attached hydrogen (secondary N) is 1. The highest BCUT2D eigenvalue weighted by Gasteiger charge is 2.17. The van der Waals surface area contributed by atoms with E-state index >= 15 is 0 Å². The van der Waals surface area contributed by atoms with Gasteiger partial charge in [0.05, 0.1) is 20.8 Å². The molecule has 0 saturated heterocycles. The molecular weight excluding hydrogens is 417 g/mol. The zero-order valence-corrected chi connectivity index (χ0v) is 18.0. The molecule has 1 aromatic carbocycles. The van der Waals surface area contributed by atoms with Crippen LogP contribution in [0.5, 0.6) is 11.5 Å². The molecule has 4 aromatic rings. The Kier molecular flexibility index (Phi) is 5.56. The van der Waals surface area contributed by atoms with Crippen molar-refractivity contribution in [3.8, 4) is 22.1 Å². The maximum Gasteiger partial charge on any atom is 0.412 e. The van der Waals surface area contributed by atoms with Crippen LogP contribution in [0.15, 0.2) is 60.9 Å². The van der Waals surface area contributed by atoms with Crippen molar-refractivity contribution in [2.75, 3.05) is 5.32 Å². The highest BCUT2D eigenvalue weighted by molar-refractivity contribution is 7.22. The summed E-state index contributed by atoms with van der Waals surface area (Å²) in [5.41, 5.74) is 1.20. The van der Waals surface area contributed by atoms with E-state index < -0.39 is 17.5 Å². The Labute approximate surface area is 182 Å². The van der Waals surface area contributed by atoms with E-state index in [1.807, 2.05) is 24.3 Å². The first-order chi connectivity index (χ1) is 14.8. The Morgan fingerprint density at radius 2 is 1.87 bits per heavy atom. The largest absolute Gasteiger partial charge is 0.453 e. The van der Waals surface area contributed by atoms with Gasteiger partial charge in [-0.1, -0.05) is 6.07 Å². The zero-order valence-electron chi connectivity index (χ0n) is 17.2. The summed E-state index contributed by atoms with van der Waals surface area (Å²) in [5.74, 6) is -0.0843. The molecule has 0 bridgehead atoms. The Hall–Kier alpha value is -3.52. The number of halogens is 1. The van der Waals surface area contributed by atoms with E-state index in [-0.39, 0.29) is 11.4 Å². The van der Waals surface area contributed by atoms with Gasteiger partial charge in [-0.05, 0) is 51.1 Å². The molecule has 0 radical (unpaired) electrons. The third-order valence-corrected chi connectivity index (χ3v) is 5.25. The quantitative estimate of drug-likeness (QED) is 0.388. The number of pyridine rings is 2. The van der Waals surface area contributed by atoms with Gasteiger partial charge >= 0.3 is 6.09 Å². The molecule has 0 aliphatic heterocycles. The number of benzene rings is 1. The molecule has 158 valence electrons. The average Bonchev–Trinajstić information content (AvgIpc) is 3.14. The monoisotopic (exact) mass is 437 g/mol. The molecule has 31 heavy (non-hydrogen) atoms. The third-order valence-electron chi connectivity index (χ3n) is 4.09. The van der Waals surface area contributed by atoms with Crippen LogP contribution in [0.2, 0.25) is 0 Å². The number of carbonyl (C=O) groups excluding carboxylic acids is 1. The third kappa shape index (κ3) is 4.97. The second-order valence-electron chi connectivity index (χ2n) is 7.72. The number of hydrogen-bond donors (Lipinski definition) is 1. The van der Waals surface area contributed by atoms with Crippen LogP contribution in [0.4, 0.5) is 14.9 Å². The van der Waals surface area contributed by atoms with Gasteiger partial charge in [-0.3, -0.25) is 15.3 Å². The number of nitrogens with zero attached hydrogens (tertiary/aromatic N) is 2. The van der Waals surface area contributed by atoms with Gasteiger partial charge in [0.15, 0.2) is 11.6 Å². The van der Waals surface area contributed by atoms with Crippen molar-refractivity contribution in [3.05, 3.63) is 66.7 Å². The fourth-order valence-corrected chi connectivity index (χ4v) is 3.87. The topological polar surface area (TPSA) is 73.3 Å². The first-order valence-electron chi connectivity index (χ1n) is 9.56. The first-order valence-corrected chi connectivity index (χ1v) is 10.4. The lowest BCUT2D eigenvalue weighted by molar-refractivity contribution is 0.0636. The molecule has 3 heterocycles. The molecule has 8 heteroatoms. The lowest BCUT2D eigenvalue weighted by Crippen LogP contribution is -2.27. The Balaban J connectivity index is 1.56. The van der Waals surface area contributed by atoms with E-state index in [0.717, 1.165) is 20.8 Å². The summed E-state index contributed by atoms with van der Waals surface area (Å²) in [5, 5.41) is 2.51. The number of thiophene rings is 1. The number of hydrogen-bond acceptors (Lipinski definition) is 6. The minimum absolute atomic E-state index is 0.0371. The SMILES string of the molecule is CC(C)(C)OC(=O)Nc1ccc(Oc2ccnc3cc(-c4ccccn4)sc23)c(F)c1. The Bertz CT molecular complexity index is 1240. The summed E-state index contributed by atoms with van der Waals surface area (Å²) in [6.45, 7) is 5.26. The summed E-state index contributed by atoms with van der Waals surface area (Å²) in [7, 11) is 0. The van der Waals surface area contributed by atoms with Gasteiger partial charge in [-0.2, -0.15) is 0 Å². The smallest absolute Gasteiger partial charge is 0.412 e. The molecule has 0 spiro atoms. The Morgan fingerprint density at radius 3 is 2.58 bits per heavy atom. The molecule has 0 atom stereocenters. The van der Waals surface area contributed by atoms with Crippen molar-refractivity contribution in [1.29, 1.82) is 0 Å². The van der Waals surface area contributed by atoms with Gasteiger partial charge in [0.1, 0.15) is 11.4 Å². The van der Waals surface area contributed by atoms with E-state index in [0.29, 0.717) is 5.75 Å². The summed E-state index contributed by atoms with van der Waals surface area (Å²) in [6, 6.07) is 13.5. The summed E-state index contributed by atoms with van der Waals surface area (Å²) < 4.78 is 26.5. The molecular formula is C23H20FN3O3S. The standard InChI is InChI=1S/C23H20FN3O3S/c1-23(2,3)30-22(28)27-14-7-8-18(15(24)12-14)29-19-9-11-26-17-13-20(31-21(17)19)16-6-4-5-10-25-16/h4-13H,1-3H3,(H,27,28). The van der Waals surface area contributed by atoms with Crippen molar-refractivity contribution in [3.63, 3.8) is 0 Å². The van der Waals surface area contributed by atoms with Gasteiger partial charge in [-0.25, -0.2) is 9.18 Å². The van der Waals surface area contributed by atoms with Crippen LogP contribution >= 0.6 is 11.3 Å². The molecule has 0 aliphatic carbocycles. The van der Waals surface area contributed by atoms with Gasteiger partial charge in [-0.15, -0.1) is 11.3 Å². The predicted molar refractivity (Wildman–Crippen MR) is 119 cm³/mol. The van der Waals surface area contributed by atoms with E-state index in [9.17, 15) is 9.18 Å². The van der Waals surface area contributed by atoms with Crippen molar-refractivity contribution in [1.82, 2.24) is 9.97 Å². The molecule has 0 aliphatic rings. The van der Waals surface area contributed by atoms with Crippen LogP contribution < -0.4 is 10.1 Å². The van der Waals surface area contributed by atoms with E-state index in [4.69, 9.17) is 9.47 Å². The van der Waals surface area contributed by atoms with Crippen LogP contribution in [-0.4, -0.2) is 21.7 Å². The number of fused-ring (bicyclic) bond motifs is 1. The van der Waals surface area contributed by atoms with Crippen LogP contribution in [0, 0.1) is 5.82 Å². The number of ether oxygens (including phenoxy) is 2. The molecule has 1 N–H and O–H groups in total. The van der Waals surface area contributed by atoms with Crippen LogP contribution in [-0.2, 0) is 4.74 Å². The number of amides is 1. The van der Waals surface area contributed by atoms with Crippen LogP contribution in [0.3, 0.4) is 0 Å². The van der Waals surface area contributed by atoms with Gasteiger partial charge in [0.2, 0.25) is 0 Å². The average molecular weight is 437 g/mol. The maximum absolute atomic E-state index is 14.7. The zero-order chi connectivity index (χ0) is 22.0. The summed E-state index contributed by atoms with van der Waals surface area (Å²) in [4.78, 5) is 21.6. The summed E-state index contributed by atoms with van der Waals surface area (Å²) >= 11 is 1.47. The number of carbonyl (C=O) groups is 1. The van der Waals surface area contributed by atoms with Crippen molar-refractivity contribution >= 4 is 33.3 Å². The second kappa shape index (κ2) is 8.31. The molecule has 6 nitrogen and oxygen atoms in total. The minimum atomic E-state index is -0.656. The molecule has 0 saturated carbocycles. The maximum atomic E-state index is 14.7. The van der Waals surface area contributed by atoms with Gasteiger partial charge in [0, 0.05) is 30.2 Å². The van der Waals surface area contributed by atoms with Crippen LogP contribution in [0.25, 0.3) is 20.8 Å². The normalized spacial score (nSPS) is 11.4. The van der Waals surface area contributed by atoms with Crippen molar-refractivity contribution in [2.45, 2.75) is 26.4 Å². The molecule has 1 amide bonds. The lowest BCUT2D eigenvalue weighted by atomic mass is 10.2. The van der Waals surface area contributed by atoms with E-state index in [1.54, 1.807) is 45.3 Å². The summed E-state index contributed by atoms with van der Waals surface area (Å²) in [6.07, 6.45) is 2.69. The van der Waals surface area contributed by atoms with E-state index in [2.05, 4.69) is 15.3 Å². The fraction of sp³-hybridized carbons (Fsp3) is 0.174. The highest BCUT2D eigenvalue weighted by atomic mass is 32.1. The number of aromatic nitrogens is 2. The highest BCUT2D eigenvalue weighted by Crippen LogP contribution is 2.39. The Morgan fingerprint density at radius 1 is 1.03 bits per heavy atom.